The monoisotopic (exact) mass is 409 g/mol. The molecule has 1 aliphatic rings. The van der Waals surface area contributed by atoms with Crippen molar-refractivity contribution in [3.63, 3.8) is 0 Å². The van der Waals surface area contributed by atoms with Crippen LogP contribution in [0.2, 0.25) is 0 Å². The van der Waals surface area contributed by atoms with Gasteiger partial charge in [-0.15, -0.1) is 0 Å². The number of hydrogen-bond donors (Lipinski definition) is 2. The smallest absolute Gasteiger partial charge is 0.325 e. The van der Waals surface area contributed by atoms with Crippen LogP contribution in [0, 0.1) is 0 Å². The molecule has 7 nitrogen and oxygen atoms in total. The third-order valence-electron chi connectivity index (χ3n) is 5.19. The molecule has 3 rings (SSSR count). The Morgan fingerprint density at radius 2 is 1.80 bits per heavy atom. The molecule has 30 heavy (non-hydrogen) atoms. The van der Waals surface area contributed by atoms with Gasteiger partial charge in [-0.25, -0.2) is 4.79 Å². The Morgan fingerprint density at radius 1 is 1.13 bits per heavy atom. The molecule has 1 fully saturated rings. The Bertz CT molecular complexity index is 955. The molecule has 0 spiro atoms. The lowest BCUT2D eigenvalue weighted by atomic mass is 9.90. The van der Waals surface area contributed by atoms with Crippen molar-refractivity contribution in [3.05, 3.63) is 59.7 Å². The van der Waals surface area contributed by atoms with Crippen LogP contribution in [0.4, 0.5) is 10.5 Å². The average molecular weight is 409 g/mol. The summed E-state index contributed by atoms with van der Waals surface area (Å²) >= 11 is 0. The van der Waals surface area contributed by atoms with Crippen molar-refractivity contribution in [1.29, 1.82) is 0 Å². The number of benzene rings is 2. The molecule has 0 bridgehead atoms. The van der Waals surface area contributed by atoms with E-state index in [9.17, 15) is 14.4 Å². The van der Waals surface area contributed by atoms with Crippen molar-refractivity contribution in [3.8, 4) is 5.75 Å². The number of rotatable bonds is 7. The summed E-state index contributed by atoms with van der Waals surface area (Å²) < 4.78 is 5.49. The van der Waals surface area contributed by atoms with Gasteiger partial charge in [-0.2, -0.15) is 0 Å². The van der Waals surface area contributed by atoms with Crippen LogP contribution in [0.3, 0.4) is 0 Å². The van der Waals surface area contributed by atoms with Crippen LogP contribution in [0.25, 0.3) is 0 Å². The Kier molecular flexibility index (Phi) is 6.10. The third kappa shape index (κ3) is 4.15. The van der Waals surface area contributed by atoms with Crippen LogP contribution in [-0.4, -0.2) is 35.9 Å². The van der Waals surface area contributed by atoms with E-state index in [1.165, 1.54) is 0 Å². The van der Waals surface area contributed by atoms with Crippen molar-refractivity contribution in [1.82, 2.24) is 10.2 Å². The number of hydrogen-bond acceptors (Lipinski definition) is 4. The standard InChI is InChI=1S/C23H27N3O4/c1-5-30-19-9-7-6-8-18(19)24-20(27)14-26-21(28)23(4,25-22(26)29)17-12-10-16(11-13-17)15(2)3/h6-13,15H,5,14H2,1-4H3,(H,24,27)(H,25,29)/t23-/m1/s1. The summed E-state index contributed by atoms with van der Waals surface area (Å²) in [4.78, 5) is 39.0. The van der Waals surface area contributed by atoms with Gasteiger partial charge in [0.2, 0.25) is 5.91 Å². The quantitative estimate of drug-likeness (QED) is 0.684. The maximum atomic E-state index is 13.1. The zero-order valence-electron chi connectivity index (χ0n) is 17.7. The predicted octanol–water partition coefficient (Wildman–Crippen LogP) is 3.61. The summed E-state index contributed by atoms with van der Waals surface area (Å²) in [6.07, 6.45) is 0. The first-order valence-electron chi connectivity index (χ1n) is 10.0. The number of carbonyl (C=O) groups excluding carboxylic acids is 3. The molecule has 7 heteroatoms. The minimum Gasteiger partial charge on any atom is -0.492 e. The maximum absolute atomic E-state index is 13.1. The summed E-state index contributed by atoms with van der Waals surface area (Å²) in [5.74, 6) is -0.0517. The van der Waals surface area contributed by atoms with Crippen LogP contribution >= 0.6 is 0 Å². The second-order valence-electron chi connectivity index (χ2n) is 7.70. The second-order valence-corrected chi connectivity index (χ2v) is 7.70. The molecular formula is C23H27N3O4. The van der Waals surface area contributed by atoms with E-state index in [4.69, 9.17) is 4.74 Å². The highest BCUT2D eigenvalue weighted by Crippen LogP contribution is 2.30. The molecular weight excluding hydrogens is 382 g/mol. The molecule has 1 atom stereocenters. The third-order valence-corrected chi connectivity index (χ3v) is 5.19. The summed E-state index contributed by atoms with van der Waals surface area (Å²) in [6, 6.07) is 14.0. The molecule has 2 aromatic carbocycles. The van der Waals surface area contributed by atoms with Crippen molar-refractivity contribution >= 4 is 23.5 Å². The average Bonchev–Trinajstić information content (AvgIpc) is 2.93. The van der Waals surface area contributed by atoms with E-state index < -0.39 is 23.4 Å². The van der Waals surface area contributed by atoms with E-state index in [-0.39, 0.29) is 6.54 Å². The number of anilines is 1. The first kappa shape index (κ1) is 21.4. The van der Waals surface area contributed by atoms with Crippen LogP contribution in [0.5, 0.6) is 5.75 Å². The van der Waals surface area contributed by atoms with Gasteiger partial charge in [0.05, 0.1) is 12.3 Å². The number of ether oxygens (including phenoxy) is 1. The summed E-state index contributed by atoms with van der Waals surface area (Å²) in [7, 11) is 0. The van der Waals surface area contributed by atoms with Gasteiger partial charge in [-0.1, -0.05) is 50.2 Å². The fourth-order valence-electron chi connectivity index (χ4n) is 3.42. The van der Waals surface area contributed by atoms with Crippen molar-refractivity contribution < 1.29 is 19.1 Å². The largest absolute Gasteiger partial charge is 0.492 e. The van der Waals surface area contributed by atoms with Crippen LogP contribution in [0.1, 0.15) is 44.7 Å². The number of carbonyl (C=O) groups is 3. The molecule has 1 heterocycles. The van der Waals surface area contributed by atoms with Crippen LogP contribution < -0.4 is 15.4 Å². The van der Waals surface area contributed by atoms with Gasteiger partial charge in [0.15, 0.2) is 0 Å². The van der Waals surface area contributed by atoms with E-state index in [0.717, 1.165) is 10.5 Å². The fourth-order valence-corrected chi connectivity index (χ4v) is 3.42. The van der Waals surface area contributed by atoms with Gasteiger partial charge < -0.3 is 15.4 Å². The first-order chi connectivity index (χ1) is 14.3. The summed E-state index contributed by atoms with van der Waals surface area (Å²) in [6.45, 7) is 7.74. The SMILES string of the molecule is CCOc1ccccc1NC(=O)CN1C(=O)N[C@](C)(c2ccc(C(C)C)cc2)C1=O. The lowest BCUT2D eigenvalue weighted by Gasteiger charge is -2.23. The van der Waals surface area contributed by atoms with Crippen molar-refractivity contribution in [2.75, 3.05) is 18.5 Å². The lowest BCUT2D eigenvalue weighted by Crippen LogP contribution is -2.42. The summed E-state index contributed by atoms with van der Waals surface area (Å²) in [5.41, 5.74) is 1.09. The maximum Gasteiger partial charge on any atom is 0.325 e. The number of nitrogens with one attached hydrogen (secondary N) is 2. The Labute approximate surface area is 176 Å². The second kappa shape index (κ2) is 8.57. The van der Waals surface area contributed by atoms with E-state index in [1.807, 2.05) is 31.2 Å². The summed E-state index contributed by atoms with van der Waals surface area (Å²) in [5, 5.41) is 5.44. The Morgan fingerprint density at radius 3 is 2.43 bits per heavy atom. The fraction of sp³-hybridized carbons (Fsp3) is 0.348. The molecule has 2 aromatic rings. The molecule has 0 radical (unpaired) electrons. The van der Waals surface area contributed by atoms with Gasteiger partial charge in [-0.3, -0.25) is 14.5 Å². The molecule has 0 saturated carbocycles. The number of imide groups is 1. The van der Waals surface area contributed by atoms with E-state index >= 15 is 0 Å². The molecule has 4 amide bonds. The normalized spacial score (nSPS) is 18.5. The number of para-hydroxylation sites is 2. The minimum atomic E-state index is -1.21. The Balaban J connectivity index is 1.74. The van der Waals surface area contributed by atoms with E-state index in [2.05, 4.69) is 24.5 Å². The van der Waals surface area contributed by atoms with E-state index in [0.29, 0.717) is 29.5 Å². The molecule has 0 unspecified atom stereocenters. The van der Waals surface area contributed by atoms with Gasteiger partial charge in [0.25, 0.3) is 5.91 Å². The predicted molar refractivity (Wildman–Crippen MR) is 114 cm³/mol. The zero-order valence-corrected chi connectivity index (χ0v) is 17.7. The lowest BCUT2D eigenvalue weighted by molar-refractivity contribution is -0.133. The highest BCUT2D eigenvalue weighted by molar-refractivity contribution is 6.10. The van der Waals surface area contributed by atoms with Gasteiger partial charge in [0.1, 0.15) is 17.8 Å². The molecule has 1 aliphatic heterocycles. The highest BCUT2D eigenvalue weighted by Gasteiger charge is 2.49. The number of nitrogens with zero attached hydrogens (tertiary/aromatic N) is 1. The van der Waals surface area contributed by atoms with Gasteiger partial charge in [0, 0.05) is 0 Å². The van der Waals surface area contributed by atoms with Crippen molar-refractivity contribution in [2.45, 2.75) is 39.2 Å². The highest BCUT2D eigenvalue weighted by atomic mass is 16.5. The van der Waals surface area contributed by atoms with Gasteiger partial charge in [-0.05, 0) is 43.0 Å². The molecule has 0 aliphatic carbocycles. The van der Waals surface area contributed by atoms with Gasteiger partial charge >= 0.3 is 6.03 Å². The first-order valence-corrected chi connectivity index (χ1v) is 10.0. The Hall–Kier alpha value is -3.35. The molecule has 158 valence electrons. The van der Waals surface area contributed by atoms with Crippen LogP contribution in [-0.2, 0) is 15.1 Å². The molecule has 1 saturated heterocycles. The minimum absolute atomic E-state index is 0.362. The zero-order chi connectivity index (χ0) is 21.9. The van der Waals surface area contributed by atoms with Crippen molar-refractivity contribution in [2.24, 2.45) is 0 Å². The number of urea groups is 1. The number of amides is 4. The molecule has 0 aromatic heterocycles. The van der Waals surface area contributed by atoms with Crippen LogP contribution in [0.15, 0.2) is 48.5 Å². The van der Waals surface area contributed by atoms with E-state index in [1.54, 1.807) is 31.2 Å². The molecule has 2 N–H and O–H groups in total. The topological polar surface area (TPSA) is 87.7 Å².